The summed E-state index contributed by atoms with van der Waals surface area (Å²) >= 11 is 0. The molecule has 0 N–H and O–H groups in total. The van der Waals surface area contributed by atoms with Crippen LogP contribution in [-0.4, -0.2) is 0 Å². The van der Waals surface area contributed by atoms with E-state index in [0.29, 0.717) is 0 Å². The number of fused-ring (bicyclic) bond motifs is 6. The molecule has 0 fully saturated rings. The second kappa shape index (κ2) is 9.71. The maximum Gasteiger partial charge on any atom is 0.0645 e. The molecule has 1 aliphatic rings. The van der Waals surface area contributed by atoms with E-state index in [0.717, 1.165) is 54.9 Å². The Bertz CT molecular complexity index is 2590. The predicted octanol–water partition coefficient (Wildman–Crippen LogP) is 12.1. The van der Waals surface area contributed by atoms with Crippen molar-refractivity contribution in [1.29, 1.82) is 0 Å². The van der Waals surface area contributed by atoms with Gasteiger partial charge in [0.2, 0.25) is 0 Å². The Morgan fingerprint density at radius 1 is 0.442 bits per heavy atom. The normalized spacial score (nSPS) is 15.3. The van der Waals surface area contributed by atoms with Gasteiger partial charge in [-0.25, -0.2) is 0 Å². The monoisotopic (exact) mass is 561 g/mol. The second-order valence-corrected chi connectivity index (χ2v) is 12.0. The van der Waals surface area contributed by atoms with E-state index in [2.05, 4.69) is 81.4 Å². The van der Waals surface area contributed by atoms with Crippen LogP contribution in [0.25, 0.3) is 54.9 Å². The van der Waals surface area contributed by atoms with Crippen LogP contribution in [-0.2, 0) is 5.41 Å². The van der Waals surface area contributed by atoms with Gasteiger partial charge in [-0.15, -0.1) is 0 Å². The molecular formula is C42H33N. The van der Waals surface area contributed by atoms with Crippen molar-refractivity contribution in [3.8, 4) is 33.4 Å². The zero-order valence-electron chi connectivity index (χ0n) is 34.0. The van der Waals surface area contributed by atoms with Crippen LogP contribution < -0.4 is 4.90 Å². The summed E-state index contributed by atoms with van der Waals surface area (Å²) in [5, 5.41) is 3.89. The van der Waals surface area contributed by atoms with Crippen LogP contribution in [0.5, 0.6) is 0 Å². The zero-order valence-corrected chi connectivity index (χ0v) is 24.0. The van der Waals surface area contributed by atoms with Gasteiger partial charge in [0.15, 0.2) is 0 Å². The summed E-state index contributed by atoms with van der Waals surface area (Å²) in [6.07, 6.45) is 0. The number of anilines is 3. The highest BCUT2D eigenvalue weighted by molar-refractivity contribution is 6.12. The van der Waals surface area contributed by atoms with E-state index >= 15 is 0 Å². The van der Waals surface area contributed by atoms with Crippen molar-refractivity contribution >= 4 is 38.6 Å². The lowest BCUT2D eigenvalue weighted by molar-refractivity contribution is 0.590. The highest BCUT2D eigenvalue weighted by Gasteiger charge is 2.24. The van der Waals surface area contributed by atoms with Crippen molar-refractivity contribution in [1.82, 2.24) is 0 Å². The van der Waals surface area contributed by atoms with E-state index in [1.165, 1.54) is 10.5 Å². The molecule has 1 nitrogen and oxygen atoms in total. The average Bonchev–Trinajstić information content (AvgIpc) is 3.15. The maximum atomic E-state index is 8.76. The fraction of sp³-hybridized carbons (Fsp3) is 0.0952. The van der Waals surface area contributed by atoms with Crippen LogP contribution in [0, 0.1) is 0 Å². The summed E-state index contributed by atoms with van der Waals surface area (Å²) in [6.45, 7) is 6.62. The topological polar surface area (TPSA) is 3.24 Å². The molecule has 0 saturated carbocycles. The molecule has 0 unspecified atom stereocenters. The molecule has 0 amide bonds. The third kappa shape index (κ3) is 4.40. The zero-order chi connectivity index (χ0) is 37.8. The minimum atomic E-state index is -0.602. The van der Waals surface area contributed by atoms with Gasteiger partial charge in [-0.1, -0.05) is 99.5 Å². The van der Waals surface area contributed by atoms with E-state index in [1.54, 1.807) is 12.1 Å². The number of hydrogen-bond donors (Lipinski definition) is 0. The lowest BCUT2D eigenvalue weighted by Crippen LogP contribution is -2.10. The molecule has 1 aliphatic carbocycles. The summed E-state index contributed by atoms with van der Waals surface area (Å²) < 4.78 is 84.7. The van der Waals surface area contributed by atoms with Crippen molar-refractivity contribution < 1.29 is 13.7 Å². The molecule has 0 aromatic heterocycles. The summed E-state index contributed by atoms with van der Waals surface area (Å²) in [5.74, 6) is 0. The number of benzene rings is 7. The summed E-state index contributed by atoms with van der Waals surface area (Å²) in [4.78, 5) is 1.19. The molecule has 0 aliphatic heterocycles. The van der Waals surface area contributed by atoms with Crippen molar-refractivity contribution in [3.63, 3.8) is 0 Å². The van der Waals surface area contributed by atoms with Gasteiger partial charge in [-0.2, -0.15) is 0 Å². The van der Waals surface area contributed by atoms with E-state index in [9.17, 15) is 0 Å². The summed E-state index contributed by atoms with van der Waals surface area (Å²) in [6, 6.07) is 23.2. The van der Waals surface area contributed by atoms with Crippen molar-refractivity contribution in [2.45, 2.75) is 26.2 Å². The smallest absolute Gasteiger partial charge is 0.0645 e. The Morgan fingerprint density at radius 2 is 0.907 bits per heavy atom. The van der Waals surface area contributed by atoms with Crippen molar-refractivity contribution in [2.24, 2.45) is 0 Å². The number of hydrogen-bond acceptors (Lipinski definition) is 1. The molecule has 7 aromatic rings. The number of nitrogens with zero attached hydrogens (tertiary/aromatic N) is 1. The molecule has 7 aromatic carbocycles. The SMILES string of the molecule is [2H]c1c([2H])c([2H])c(N(c2ccc3cc4c(cc3c2)-c2cc3ccc(-c5ccc(C(C)(C)C)cc5)cc3cc2-4)c2c([2H])c([2H])c([2H])c([2H])c2[2H])c([2H])c1[2H]. The quantitative estimate of drug-likeness (QED) is 0.206. The van der Waals surface area contributed by atoms with Crippen LogP contribution in [0.15, 0.2) is 145 Å². The van der Waals surface area contributed by atoms with E-state index < -0.39 is 60.4 Å². The van der Waals surface area contributed by atoms with Gasteiger partial charge in [-0.05, 0) is 133 Å². The number of rotatable bonds is 4. The molecule has 8 rings (SSSR count). The van der Waals surface area contributed by atoms with Gasteiger partial charge in [0.1, 0.15) is 0 Å². The average molecular weight is 562 g/mol. The first-order valence-electron chi connectivity index (χ1n) is 19.3. The molecule has 0 spiro atoms. The van der Waals surface area contributed by atoms with Gasteiger partial charge in [0.25, 0.3) is 0 Å². The molecule has 0 saturated heterocycles. The van der Waals surface area contributed by atoms with Gasteiger partial charge < -0.3 is 4.90 Å². The predicted molar refractivity (Wildman–Crippen MR) is 185 cm³/mol. The van der Waals surface area contributed by atoms with Gasteiger partial charge in [0.05, 0.1) is 13.7 Å². The Hall–Kier alpha value is -5.14. The standard InChI is InChI=1S/C42H33N/c1-42(2,3)34-19-16-28(17-20-34)29-14-15-30-24-38-40(26-32(30)22-29)39-25-31-18-21-37(23-33(31)27-41(38)39)43(35-10-6-4-7-11-35)36-12-8-5-9-13-36/h4-27H,1-3H3/i4D,5D,6D,7D,8D,9D,10D,11D,12D,13D. The van der Waals surface area contributed by atoms with Crippen LogP contribution in [0.3, 0.4) is 0 Å². The Labute approximate surface area is 267 Å². The lowest BCUT2D eigenvalue weighted by Gasteiger charge is -2.28. The maximum absolute atomic E-state index is 8.76. The summed E-state index contributed by atoms with van der Waals surface area (Å²) in [5.41, 5.74) is 7.66. The fourth-order valence-corrected chi connectivity index (χ4v) is 5.97. The van der Waals surface area contributed by atoms with Crippen molar-refractivity contribution in [3.05, 3.63) is 151 Å². The Morgan fingerprint density at radius 3 is 1.44 bits per heavy atom. The van der Waals surface area contributed by atoms with Crippen LogP contribution >= 0.6 is 0 Å². The van der Waals surface area contributed by atoms with E-state index in [1.807, 2.05) is 12.1 Å². The Kier molecular flexibility index (Phi) is 3.86. The molecule has 0 atom stereocenters. The second-order valence-electron chi connectivity index (χ2n) is 12.0. The molecule has 43 heavy (non-hydrogen) atoms. The largest absolute Gasteiger partial charge is 0.310 e. The highest BCUT2D eigenvalue weighted by atomic mass is 15.1. The van der Waals surface area contributed by atoms with E-state index in [4.69, 9.17) is 13.7 Å². The molecule has 206 valence electrons. The van der Waals surface area contributed by atoms with Crippen LogP contribution in [0.4, 0.5) is 17.1 Å². The third-order valence-electron chi connectivity index (χ3n) is 8.28. The first-order valence-corrected chi connectivity index (χ1v) is 14.3. The van der Waals surface area contributed by atoms with Gasteiger partial charge in [0, 0.05) is 17.1 Å². The third-order valence-corrected chi connectivity index (χ3v) is 8.28. The van der Waals surface area contributed by atoms with Crippen LogP contribution in [0.1, 0.15) is 40.0 Å². The van der Waals surface area contributed by atoms with E-state index in [-0.39, 0.29) is 22.5 Å². The lowest BCUT2D eigenvalue weighted by atomic mass is 9.77. The first-order chi connectivity index (χ1) is 25.1. The number of para-hydroxylation sites is 2. The summed E-state index contributed by atoms with van der Waals surface area (Å²) in [7, 11) is 0. The molecular weight excluding hydrogens is 518 g/mol. The first kappa shape index (κ1) is 17.1. The minimum absolute atomic E-state index is 0.0808. The highest BCUT2D eigenvalue weighted by Crippen LogP contribution is 2.51. The van der Waals surface area contributed by atoms with Gasteiger partial charge >= 0.3 is 0 Å². The van der Waals surface area contributed by atoms with Gasteiger partial charge in [-0.3, -0.25) is 0 Å². The van der Waals surface area contributed by atoms with Crippen molar-refractivity contribution in [2.75, 3.05) is 4.90 Å². The molecule has 0 bridgehead atoms. The minimum Gasteiger partial charge on any atom is -0.310 e. The fourth-order valence-electron chi connectivity index (χ4n) is 5.97. The Balaban J connectivity index is 1.25. The van der Waals surface area contributed by atoms with Crippen LogP contribution in [0.2, 0.25) is 0 Å². The molecule has 0 heterocycles. The molecule has 1 heteroatoms. The molecule has 0 radical (unpaired) electrons.